The first-order valence-corrected chi connectivity index (χ1v) is 13.8. The fourth-order valence-electron chi connectivity index (χ4n) is 11.7. The number of aliphatic hydroxyl groups excluding tert-OH is 1. The molecule has 34 heavy (non-hydrogen) atoms. The molecule has 5 rings (SSSR count). The van der Waals surface area contributed by atoms with Crippen LogP contribution in [0.4, 0.5) is 0 Å². The van der Waals surface area contributed by atoms with Crippen molar-refractivity contribution in [2.75, 3.05) is 0 Å². The predicted octanol–water partition coefficient (Wildman–Crippen LogP) is 6.12. The van der Waals surface area contributed by atoms with Crippen molar-refractivity contribution >= 4 is 12.3 Å². The minimum absolute atomic E-state index is 0.0371. The first kappa shape index (κ1) is 24.5. The van der Waals surface area contributed by atoms with Gasteiger partial charge in [-0.05, 0) is 110 Å². The van der Waals surface area contributed by atoms with E-state index in [1.54, 1.807) is 0 Å². The van der Waals surface area contributed by atoms with Crippen molar-refractivity contribution in [2.45, 2.75) is 99.0 Å². The van der Waals surface area contributed by atoms with Gasteiger partial charge >= 0.3 is 5.97 Å². The molecule has 2 N–H and O–H groups in total. The third kappa shape index (κ3) is 2.55. The molecule has 0 saturated heterocycles. The topological polar surface area (TPSA) is 74.6 Å². The second-order valence-corrected chi connectivity index (χ2v) is 14.4. The molecule has 0 aromatic rings. The van der Waals surface area contributed by atoms with Crippen LogP contribution in [-0.2, 0) is 9.59 Å². The molecule has 11 atom stereocenters. The summed E-state index contributed by atoms with van der Waals surface area (Å²) in [6.07, 6.45) is 8.13. The molecular formula is C30H46O4. The van der Waals surface area contributed by atoms with Crippen LogP contribution in [0.2, 0.25) is 0 Å². The first-order valence-electron chi connectivity index (χ1n) is 13.8. The van der Waals surface area contributed by atoms with E-state index < -0.39 is 17.5 Å². The molecule has 0 unspecified atom stereocenters. The van der Waals surface area contributed by atoms with E-state index in [0.29, 0.717) is 23.7 Å². The summed E-state index contributed by atoms with van der Waals surface area (Å²) in [5, 5.41) is 21.8. The Morgan fingerprint density at radius 1 is 0.912 bits per heavy atom. The summed E-state index contributed by atoms with van der Waals surface area (Å²) >= 11 is 0. The smallest absolute Gasteiger partial charge is 0.309 e. The zero-order valence-electron chi connectivity index (χ0n) is 22.2. The highest BCUT2D eigenvalue weighted by atomic mass is 16.4. The molecule has 5 fully saturated rings. The maximum absolute atomic E-state index is 12.8. The van der Waals surface area contributed by atoms with E-state index in [4.69, 9.17) is 0 Å². The molecule has 4 heteroatoms. The number of hydrogen-bond acceptors (Lipinski definition) is 3. The fourth-order valence-corrected chi connectivity index (χ4v) is 11.7. The number of carboxylic acid groups (broad SMARTS) is 1. The number of hydrogen-bond donors (Lipinski definition) is 2. The van der Waals surface area contributed by atoms with Crippen molar-refractivity contribution in [3.63, 3.8) is 0 Å². The Morgan fingerprint density at radius 3 is 2.18 bits per heavy atom. The summed E-state index contributed by atoms with van der Waals surface area (Å²) in [6.45, 7) is 18.0. The molecular weight excluding hydrogens is 424 g/mol. The van der Waals surface area contributed by atoms with Gasteiger partial charge in [-0.25, -0.2) is 0 Å². The summed E-state index contributed by atoms with van der Waals surface area (Å²) < 4.78 is 0. The summed E-state index contributed by atoms with van der Waals surface area (Å²) in [5.74, 6) is 0.617. The van der Waals surface area contributed by atoms with Gasteiger partial charge in [-0.1, -0.05) is 46.8 Å². The largest absolute Gasteiger partial charge is 0.481 e. The monoisotopic (exact) mass is 470 g/mol. The summed E-state index contributed by atoms with van der Waals surface area (Å²) in [6, 6.07) is 0. The second-order valence-electron chi connectivity index (χ2n) is 14.4. The predicted molar refractivity (Wildman–Crippen MR) is 133 cm³/mol. The van der Waals surface area contributed by atoms with Crippen LogP contribution in [-0.4, -0.2) is 28.6 Å². The molecule has 5 aliphatic rings. The van der Waals surface area contributed by atoms with Crippen LogP contribution >= 0.6 is 0 Å². The van der Waals surface area contributed by atoms with Gasteiger partial charge in [0.2, 0.25) is 0 Å². The highest BCUT2D eigenvalue weighted by Crippen LogP contribution is 2.78. The highest BCUT2D eigenvalue weighted by molar-refractivity contribution is 5.76. The quantitative estimate of drug-likeness (QED) is 0.385. The molecule has 0 heterocycles. The van der Waals surface area contributed by atoms with Crippen LogP contribution < -0.4 is 0 Å². The SMILES string of the molecule is C=C(C)[C@H]1CC[C@]2(C(=O)O)CC[C@]3(C)[C@@H](CC[C@H]4[C@@]5(C)[C@H](C=O)[C@H](O)C(C)(C)[C@@H]5CC[C@@]43C)[C@H]12. The van der Waals surface area contributed by atoms with Gasteiger partial charge in [0.15, 0.2) is 0 Å². The molecule has 0 aromatic carbocycles. The van der Waals surface area contributed by atoms with Crippen molar-refractivity contribution in [3.8, 4) is 0 Å². The molecule has 0 spiro atoms. The van der Waals surface area contributed by atoms with E-state index >= 15 is 0 Å². The van der Waals surface area contributed by atoms with E-state index in [1.807, 2.05) is 0 Å². The number of aldehydes is 1. The fraction of sp³-hybridized carbons (Fsp3) is 0.867. The molecule has 190 valence electrons. The van der Waals surface area contributed by atoms with E-state index in [0.717, 1.165) is 63.2 Å². The molecule has 0 radical (unpaired) electrons. The van der Waals surface area contributed by atoms with Gasteiger partial charge in [0.1, 0.15) is 6.29 Å². The first-order chi connectivity index (χ1) is 15.7. The van der Waals surface area contributed by atoms with Crippen molar-refractivity contribution in [2.24, 2.45) is 62.6 Å². The zero-order chi connectivity index (χ0) is 25.1. The minimum atomic E-state index is -0.602. The second kappa shape index (κ2) is 7.20. The summed E-state index contributed by atoms with van der Waals surface area (Å²) in [5.41, 5.74) is 0.153. The van der Waals surface area contributed by atoms with Crippen molar-refractivity contribution in [1.82, 2.24) is 0 Å². The number of carbonyl (C=O) groups is 2. The van der Waals surface area contributed by atoms with E-state index in [9.17, 15) is 19.8 Å². The molecule has 5 saturated carbocycles. The Balaban J connectivity index is 1.61. The number of fused-ring (bicyclic) bond motifs is 7. The number of carbonyl (C=O) groups excluding carboxylic acids is 1. The molecule has 0 aliphatic heterocycles. The summed E-state index contributed by atoms with van der Waals surface area (Å²) in [4.78, 5) is 25.2. The van der Waals surface area contributed by atoms with Crippen molar-refractivity contribution < 1.29 is 19.8 Å². The Bertz CT molecular complexity index is 923. The van der Waals surface area contributed by atoms with Crippen LogP contribution in [0.25, 0.3) is 0 Å². The third-order valence-corrected chi connectivity index (χ3v) is 13.5. The number of allylic oxidation sites excluding steroid dienone is 1. The highest BCUT2D eigenvalue weighted by Gasteiger charge is 2.74. The van der Waals surface area contributed by atoms with Crippen LogP contribution in [0.5, 0.6) is 0 Å². The lowest BCUT2D eigenvalue weighted by Crippen LogP contribution is -2.65. The Labute approximate surface area is 206 Å². The number of aliphatic carboxylic acids is 1. The lowest BCUT2D eigenvalue weighted by molar-refractivity contribution is -0.225. The number of aliphatic hydroxyl groups is 1. The van der Waals surface area contributed by atoms with Crippen LogP contribution in [0.3, 0.4) is 0 Å². The Morgan fingerprint density at radius 2 is 1.59 bits per heavy atom. The Kier molecular flexibility index (Phi) is 5.20. The lowest BCUT2D eigenvalue weighted by Gasteiger charge is -2.70. The molecule has 0 amide bonds. The van der Waals surface area contributed by atoms with Gasteiger partial charge < -0.3 is 15.0 Å². The molecule has 0 bridgehead atoms. The van der Waals surface area contributed by atoms with Crippen molar-refractivity contribution in [1.29, 1.82) is 0 Å². The lowest BCUT2D eigenvalue weighted by atomic mass is 9.34. The van der Waals surface area contributed by atoms with Gasteiger partial charge in [0.05, 0.1) is 11.5 Å². The molecule has 5 aliphatic carbocycles. The van der Waals surface area contributed by atoms with E-state index in [2.05, 4.69) is 48.1 Å². The van der Waals surface area contributed by atoms with Gasteiger partial charge in [-0.2, -0.15) is 0 Å². The minimum Gasteiger partial charge on any atom is -0.481 e. The standard InChI is InChI=1S/C30H46O4/c1-17(2)18-10-13-30(25(33)34)15-14-27(5)19(23(18)30)8-9-22-28(27,6)12-11-21-26(3,4)24(32)20(16-31)29(21,22)7/h16,18-24,32H,1,8-15H2,2-7H3,(H,33,34)/t18-,19+,20-,21+,22-,23+,24+,27-,28+,29+,30+/m1/s1. The molecule has 0 aromatic heterocycles. The van der Waals surface area contributed by atoms with E-state index in [-0.39, 0.29) is 33.5 Å². The average molecular weight is 471 g/mol. The van der Waals surface area contributed by atoms with E-state index in [1.165, 1.54) is 0 Å². The number of carboxylic acids is 1. The average Bonchev–Trinajstić information content (AvgIpc) is 3.22. The maximum atomic E-state index is 12.8. The van der Waals surface area contributed by atoms with Gasteiger partial charge in [0.25, 0.3) is 0 Å². The Hall–Kier alpha value is -1.16. The maximum Gasteiger partial charge on any atom is 0.309 e. The van der Waals surface area contributed by atoms with Gasteiger partial charge in [-0.3, -0.25) is 4.79 Å². The zero-order valence-corrected chi connectivity index (χ0v) is 22.2. The van der Waals surface area contributed by atoms with Gasteiger partial charge in [0, 0.05) is 5.92 Å². The third-order valence-electron chi connectivity index (χ3n) is 13.5. The van der Waals surface area contributed by atoms with Crippen LogP contribution in [0.15, 0.2) is 12.2 Å². The summed E-state index contributed by atoms with van der Waals surface area (Å²) in [7, 11) is 0. The van der Waals surface area contributed by atoms with Gasteiger partial charge in [-0.15, -0.1) is 0 Å². The van der Waals surface area contributed by atoms with Crippen LogP contribution in [0, 0.1) is 62.6 Å². The van der Waals surface area contributed by atoms with Crippen LogP contribution in [0.1, 0.15) is 92.9 Å². The molecule has 4 nitrogen and oxygen atoms in total. The number of rotatable bonds is 3. The van der Waals surface area contributed by atoms with Crippen molar-refractivity contribution in [3.05, 3.63) is 12.2 Å². The normalized spacial score (nSPS) is 55.4.